The van der Waals surface area contributed by atoms with Crippen molar-refractivity contribution in [2.75, 3.05) is 24.2 Å². The number of halogens is 1. The third-order valence-electron chi connectivity index (χ3n) is 5.29. The zero-order chi connectivity index (χ0) is 23.6. The van der Waals surface area contributed by atoms with Gasteiger partial charge >= 0.3 is 6.03 Å². The first kappa shape index (κ1) is 23.3. The lowest BCUT2D eigenvalue weighted by Gasteiger charge is -2.26. The van der Waals surface area contributed by atoms with Gasteiger partial charge in [0.25, 0.3) is 0 Å². The number of aromatic nitrogens is 3. The zero-order valence-corrected chi connectivity index (χ0v) is 19.2. The number of benzene rings is 1. The molecule has 9 heteroatoms. The lowest BCUT2D eigenvalue weighted by Crippen LogP contribution is -2.41. The fraction of sp³-hybridized carbons (Fsp3) is 0.391. The van der Waals surface area contributed by atoms with Gasteiger partial charge in [0.1, 0.15) is 5.82 Å². The van der Waals surface area contributed by atoms with Crippen molar-refractivity contribution in [3.05, 3.63) is 41.5 Å². The van der Waals surface area contributed by atoms with Gasteiger partial charge in [-0.25, -0.2) is 19.2 Å². The van der Waals surface area contributed by atoms with E-state index in [0.717, 1.165) is 22.2 Å². The number of amides is 2. The summed E-state index contributed by atoms with van der Waals surface area (Å²) in [6.07, 6.45) is 0.944. The summed E-state index contributed by atoms with van der Waals surface area (Å²) in [5, 5.41) is 18.8. The third-order valence-corrected chi connectivity index (χ3v) is 5.29. The molecule has 3 rings (SSSR count). The number of anilines is 2. The number of aliphatic hydroxyl groups is 1. The average Bonchev–Trinajstić information content (AvgIpc) is 2.72. The van der Waals surface area contributed by atoms with Crippen molar-refractivity contribution < 1.29 is 14.3 Å². The number of fused-ring (bicyclic) bond motifs is 1. The molecule has 3 aromatic rings. The molecule has 4 N–H and O–H groups in total. The molecule has 2 aromatic heterocycles. The van der Waals surface area contributed by atoms with Gasteiger partial charge in [-0.1, -0.05) is 20.8 Å². The van der Waals surface area contributed by atoms with Crippen LogP contribution in [0.3, 0.4) is 0 Å². The SMILES string of the molecule is CNc1ncc2cc(-c3cc(NC(=O)NCC(O)C(C)(C)C)c(F)cc3C)c(C)nc2n1. The van der Waals surface area contributed by atoms with Crippen molar-refractivity contribution in [3.63, 3.8) is 0 Å². The van der Waals surface area contributed by atoms with Gasteiger partial charge in [0.2, 0.25) is 5.95 Å². The van der Waals surface area contributed by atoms with Crippen molar-refractivity contribution in [2.24, 2.45) is 5.41 Å². The van der Waals surface area contributed by atoms with E-state index in [4.69, 9.17) is 0 Å². The Bertz CT molecular complexity index is 1160. The summed E-state index contributed by atoms with van der Waals surface area (Å²) in [5.41, 5.74) is 3.16. The third kappa shape index (κ3) is 5.11. The number of carbonyl (C=O) groups excluding carboxylic acids is 1. The molecule has 0 spiro atoms. The Balaban J connectivity index is 1.90. The molecule has 0 bridgehead atoms. The van der Waals surface area contributed by atoms with Crippen LogP contribution < -0.4 is 16.0 Å². The van der Waals surface area contributed by atoms with Crippen molar-refractivity contribution in [3.8, 4) is 11.1 Å². The number of hydrogen-bond donors (Lipinski definition) is 4. The fourth-order valence-corrected chi connectivity index (χ4v) is 3.17. The van der Waals surface area contributed by atoms with Crippen LogP contribution in [0, 0.1) is 25.1 Å². The lowest BCUT2D eigenvalue weighted by atomic mass is 9.89. The van der Waals surface area contributed by atoms with Crippen molar-refractivity contribution in [2.45, 2.75) is 40.7 Å². The second kappa shape index (κ2) is 9.04. The molecule has 0 aliphatic heterocycles. The Kier molecular flexibility index (Phi) is 6.59. The molecule has 2 amide bonds. The largest absolute Gasteiger partial charge is 0.391 e. The maximum Gasteiger partial charge on any atom is 0.319 e. The Hall–Kier alpha value is -3.33. The zero-order valence-electron chi connectivity index (χ0n) is 19.2. The summed E-state index contributed by atoms with van der Waals surface area (Å²) in [4.78, 5) is 25.5. The van der Waals surface area contributed by atoms with Crippen molar-refractivity contribution in [1.82, 2.24) is 20.3 Å². The summed E-state index contributed by atoms with van der Waals surface area (Å²) < 4.78 is 14.6. The van der Waals surface area contributed by atoms with Crippen LogP contribution >= 0.6 is 0 Å². The van der Waals surface area contributed by atoms with Gasteiger partial charge in [-0.2, -0.15) is 4.98 Å². The van der Waals surface area contributed by atoms with Crippen LogP contribution in [0.2, 0.25) is 0 Å². The summed E-state index contributed by atoms with van der Waals surface area (Å²) in [5.74, 6) is -0.0737. The number of urea groups is 1. The first-order valence-electron chi connectivity index (χ1n) is 10.3. The van der Waals surface area contributed by atoms with Crippen LogP contribution in [0.5, 0.6) is 0 Å². The maximum atomic E-state index is 14.6. The molecule has 1 unspecified atom stereocenters. The van der Waals surface area contributed by atoms with Gasteiger partial charge in [-0.3, -0.25) is 0 Å². The summed E-state index contributed by atoms with van der Waals surface area (Å²) in [7, 11) is 1.73. The molecule has 170 valence electrons. The van der Waals surface area contributed by atoms with Crippen LogP contribution in [0.15, 0.2) is 24.4 Å². The number of aryl methyl sites for hydroxylation is 2. The second-order valence-corrected chi connectivity index (χ2v) is 8.84. The number of nitrogens with zero attached hydrogens (tertiary/aromatic N) is 3. The fourth-order valence-electron chi connectivity index (χ4n) is 3.17. The van der Waals surface area contributed by atoms with E-state index in [1.54, 1.807) is 26.2 Å². The van der Waals surface area contributed by atoms with E-state index < -0.39 is 18.0 Å². The van der Waals surface area contributed by atoms with E-state index in [-0.39, 0.29) is 17.6 Å². The molecule has 0 fully saturated rings. The van der Waals surface area contributed by atoms with E-state index >= 15 is 0 Å². The highest BCUT2D eigenvalue weighted by Crippen LogP contribution is 2.32. The minimum atomic E-state index is -0.733. The predicted molar refractivity (Wildman–Crippen MR) is 124 cm³/mol. The van der Waals surface area contributed by atoms with Crippen LogP contribution in [-0.2, 0) is 0 Å². The molecule has 0 radical (unpaired) electrons. The molecule has 0 aliphatic carbocycles. The molecule has 1 aromatic carbocycles. The quantitative estimate of drug-likeness (QED) is 0.477. The Morgan fingerprint density at radius 2 is 1.88 bits per heavy atom. The normalized spacial score (nSPS) is 12.5. The second-order valence-electron chi connectivity index (χ2n) is 8.84. The first-order chi connectivity index (χ1) is 15.0. The Labute approximate surface area is 186 Å². The monoisotopic (exact) mass is 440 g/mol. The number of hydrogen-bond acceptors (Lipinski definition) is 6. The number of rotatable bonds is 5. The van der Waals surface area contributed by atoms with Gasteiger partial charge in [-0.05, 0) is 48.6 Å². The maximum absolute atomic E-state index is 14.6. The van der Waals surface area contributed by atoms with Crippen molar-refractivity contribution in [1.29, 1.82) is 0 Å². The Morgan fingerprint density at radius 3 is 2.53 bits per heavy atom. The molecule has 0 aliphatic rings. The van der Waals surface area contributed by atoms with E-state index in [1.165, 1.54) is 6.07 Å². The van der Waals surface area contributed by atoms with Crippen LogP contribution in [0.1, 0.15) is 32.0 Å². The highest BCUT2D eigenvalue weighted by Gasteiger charge is 2.22. The highest BCUT2D eigenvalue weighted by atomic mass is 19.1. The van der Waals surface area contributed by atoms with Gasteiger partial charge < -0.3 is 21.1 Å². The molecule has 0 saturated heterocycles. The first-order valence-corrected chi connectivity index (χ1v) is 10.3. The summed E-state index contributed by atoms with van der Waals surface area (Å²) in [6, 6.07) is 4.27. The summed E-state index contributed by atoms with van der Waals surface area (Å²) >= 11 is 0. The van der Waals surface area contributed by atoms with Crippen LogP contribution in [0.4, 0.5) is 20.8 Å². The molecule has 2 heterocycles. The molecule has 1 atom stereocenters. The lowest BCUT2D eigenvalue weighted by molar-refractivity contribution is 0.0654. The smallest absolute Gasteiger partial charge is 0.319 e. The highest BCUT2D eigenvalue weighted by molar-refractivity contribution is 5.91. The molecule has 0 saturated carbocycles. The minimum absolute atomic E-state index is 0.0367. The van der Waals surface area contributed by atoms with Gasteiger partial charge in [-0.15, -0.1) is 0 Å². The number of aliphatic hydroxyl groups excluding tert-OH is 1. The van der Waals surface area contributed by atoms with Gasteiger partial charge in [0, 0.05) is 36.4 Å². The topological polar surface area (TPSA) is 112 Å². The van der Waals surface area contributed by atoms with Crippen LogP contribution in [-0.4, -0.2) is 45.8 Å². The molecular formula is C23H29FN6O2. The number of carbonyl (C=O) groups is 1. The molecular weight excluding hydrogens is 411 g/mol. The average molecular weight is 441 g/mol. The van der Waals surface area contributed by atoms with Crippen molar-refractivity contribution >= 4 is 28.7 Å². The van der Waals surface area contributed by atoms with E-state index in [2.05, 4.69) is 30.9 Å². The van der Waals surface area contributed by atoms with E-state index in [9.17, 15) is 14.3 Å². The van der Waals surface area contributed by atoms with Gasteiger partial charge in [0.05, 0.1) is 11.8 Å². The number of nitrogens with one attached hydrogen (secondary N) is 3. The predicted octanol–water partition coefficient (Wildman–Crippen LogP) is 4.02. The summed E-state index contributed by atoms with van der Waals surface area (Å²) in [6.45, 7) is 9.31. The van der Waals surface area contributed by atoms with E-state index in [0.29, 0.717) is 17.2 Å². The van der Waals surface area contributed by atoms with E-state index in [1.807, 2.05) is 33.8 Å². The minimum Gasteiger partial charge on any atom is -0.391 e. The molecule has 32 heavy (non-hydrogen) atoms. The standard InChI is InChI=1S/C23H29FN6O2/c1-12-7-17(24)18(29-22(32)27-11-19(31)23(3,4)5)9-15(12)16-8-14-10-26-21(25-6)30-20(14)28-13(16)2/h7-10,19,31H,11H2,1-6H3,(H2,27,29,32)(H,25,26,28,30). The molecule has 8 nitrogen and oxygen atoms in total. The number of pyridine rings is 1. The van der Waals surface area contributed by atoms with Gasteiger partial charge in [0.15, 0.2) is 5.65 Å². The van der Waals surface area contributed by atoms with Crippen LogP contribution in [0.25, 0.3) is 22.2 Å². The Morgan fingerprint density at radius 1 is 1.16 bits per heavy atom.